The van der Waals surface area contributed by atoms with Gasteiger partial charge in [0.15, 0.2) is 5.15 Å². The maximum absolute atomic E-state index is 11.5. The van der Waals surface area contributed by atoms with E-state index in [2.05, 4.69) is 10.1 Å². The monoisotopic (exact) mass is 195 g/mol. The lowest BCUT2D eigenvalue weighted by atomic mass is 10.3. The highest BCUT2D eigenvalue weighted by molar-refractivity contribution is 6.33. The Kier molecular flexibility index (Phi) is 1.77. The summed E-state index contributed by atoms with van der Waals surface area (Å²) in [7, 11) is 1.54. The summed E-state index contributed by atoms with van der Waals surface area (Å²) in [4.78, 5) is 15.4. The predicted octanol–water partition coefficient (Wildman–Crippen LogP) is 0.982. The first kappa shape index (κ1) is 8.19. The third kappa shape index (κ3) is 1.19. The van der Waals surface area contributed by atoms with Gasteiger partial charge in [-0.05, 0) is 12.1 Å². The van der Waals surface area contributed by atoms with E-state index in [0.29, 0.717) is 16.1 Å². The molecule has 0 aliphatic carbocycles. The van der Waals surface area contributed by atoms with Crippen molar-refractivity contribution in [3.63, 3.8) is 0 Å². The normalized spacial score (nSPS) is 10.6. The van der Waals surface area contributed by atoms with Crippen LogP contribution in [0.5, 0.6) is 0 Å². The smallest absolute Gasteiger partial charge is 0.265 e. The standard InChI is InChI=1S/C8H6ClN3O/c1-12-8(13)6-5(7(9)11-12)3-2-4-10-6/h2-4H,1H3. The molecule has 2 rings (SSSR count). The average molecular weight is 196 g/mol. The van der Waals surface area contributed by atoms with Crippen molar-refractivity contribution in [3.8, 4) is 0 Å². The average Bonchev–Trinajstić information content (AvgIpc) is 2.15. The van der Waals surface area contributed by atoms with Crippen LogP contribution in [0.3, 0.4) is 0 Å². The molecule has 0 radical (unpaired) electrons. The SMILES string of the molecule is Cn1nc(Cl)c2cccnc2c1=O. The third-order valence-corrected chi connectivity index (χ3v) is 2.04. The van der Waals surface area contributed by atoms with Gasteiger partial charge < -0.3 is 0 Å². The summed E-state index contributed by atoms with van der Waals surface area (Å²) < 4.78 is 1.18. The molecule has 0 fully saturated rings. The minimum atomic E-state index is -0.236. The molecule has 4 nitrogen and oxygen atoms in total. The topological polar surface area (TPSA) is 47.8 Å². The van der Waals surface area contributed by atoms with Crippen molar-refractivity contribution < 1.29 is 0 Å². The molecule has 0 amide bonds. The van der Waals surface area contributed by atoms with Gasteiger partial charge in [-0.25, -0.2) is 4.68 Å². The third-order valence-electron chi connectivity index (χ3n) is 1.76. The van der Waals surface area contributed by atoms with E-state index in [1.165, 1.54) is 4.68 Å². The van der Waals surface area contributed by atoms with Crippen LogP contribution in [-0.2, 0) is 7.05 Å². The maximum atomic E-state index is 11.5. The second-order valence-corrected chi connectivity index (χ2v) is 2.98. The van der Waals surface area contributed by atoms with Crippen molar-refractivity contribution >= 4 is 22.5 Å². The van der Waals surface area contributed by atoms with Gasteiger partial charge in [0.25, 0.3) is 5.56 Å². The van der Waals surface area contributed by atoms with Crippen molar-refractivity contribution in [3.05, 3.63) is 33.8 Å². The van der Waals surface area contributed by atoms with Crippen LogP contribution in [-0.4, -0.2) is 14.8 Å². The number of hydrogen-bond donors (Lipinski definition) is 0. The molecule has 0 aliphatic heterocycles. The number of fused-ring (bicyclic) bond motifs is 1. The molecule has 0 saturated heterocycles. The van der Waals surface area contributed by atoms with Crippen molar-refractivity contribution in [1.82, 2.24) is 14.8 Å². The molecule has 2 aromatic heterocycles. The van der Waals surface area contributed by atoms with Gasteiger partial charge in [-0.15, -0.1) is 0 Å². The van der Waals surface area contributed by atoms with Gasteiger partial charge >= 0.3 is 0 Å². The second-order valence-electron chi connectivity index (χ2n) is 2.62. The van der Waals surface area contributed by atoms with E-state index in [1.54, 1.807) is 25.4 Å². The van der Waals surface area contributed by atoms with Gasteiger partial charge in [0.05, 0.1) is 0 Å². The Hall–Kier alpha value is -1.42. The zero-order chi connectivity index (χ0) is 9.42. The molecular weight excluding hydrogens is 190 g/mol. The number of aryl methyl sites for hydroxylation is 1. The highest BCUT2D eigenvalue weighted by atomic mass is 35.5. The Morgan fingerprint density at radius 2 is 2.31 bits per heavy atom. The summed E-state index contributed by atoms with van der Waals surface area (Å²) in [6.07, 6.45) is 1.56. The van der Waals surface area contributed by atoms with Crippen LogP contribution < -0.4 is 5.56 Å². The Balaban J connectivity index is 3.06. The number of pyridine rings is 1. The number of hydrogen-bond acceptors (Lipinski definition) is 3. The minimum Gasteiger partial charge on any atom is -0.265 e. The molecule has 0 saturated carbocycles. The fourth-order valence-electron chi connectivity index (χ4n) is 1.13. The van der Waals surface area contributed by atoms with Crippen LogP contribution in [0.25, 0.3) is 10.9 Å². The molecule has 0 atom stereocenters. The molecule has 0 aromatic carbocycles. The molecule has 0 unspecified atom stereocenters. The van der Waals surface area contributed by atoms with E-state index in [-0.39, 0.29) is 5.56 Å². The fourth-order valence-corrected chi connectivity index (χ4v) is 1.39. The summed E-state index contributed by atoms with van der Waals surface area (Å²) in [6, 6.07) is 3.44. The van der Waals surface area contributed by atoms with Crippen LogP contribution in [0, 0.1) is 0 Å². The van der Waals surface area contributed by atoms with Gasteiger partial charge in [-0.1, -0.05) is 11.6 Å². The lowest BCUT2D eigenvalue weighted by molar-refractivity contribution is 0.716. The quantitative estimate of drug-likeness (QED) is 0.630. The van der Waals surface area contributed by atoms with Crippen LogP contribution in [0.15, 0.2) is 23.1 Å². The molecule has 0 bridgehead atoms. The highest BCUT2D eigenvalue weighted by Crippen LogP contribution is 2.14. The predicted molar refractivity (Wildman–Crippen MR) is 49.8 cm³/mol. The Labute approximate surface area is 78.8 Å². The summed E-state index contributed by atoms with van der Waals surface area (Å²) in [5.74, 6) is 0. The lowest BCUT2D eigenvalue weighted by Gasteiger charge is -2.00. The van der Waals surface area contributed by atoms with Crippen LogP contribution in [0.2, 0.25) is 5.15 Å². The van der Waals surface area contributed by atoms with Gasteiger partial charge in [0.1, 0.15) is 5.52 Å². The van der Waals surface area contributed by atoms with Crippen LogP contribution >= 0.6 is 11.6 Å². The molecule has 13 heavy (non-hydrogen) atoms. The molecule has 0 spiro atoms. The second kappa shape index (κ2) is 2.81. The Morgan fingerprint density at radius 1 is 1.54 bits per heavy atom. The minimum absolute atomic E-state index is 0.236. The van der Waals surface area contributed by atoms with E-state index in [0.717, 1.165) is 0 Å². The molecule has 0 aliphatic rings. The Morgan fingerprint density at radius 3 is 3.08 bits per heavy atom. The van der Waals surface area contributed by atoms with Gasteiger partial charge in [-0.2, -0.15) is 5.10 Å². The number of nitrogens with zero attached hydrogens (tertiary/aromatic N) is 3. The molecule has 2 heterocycles. The van der Waals surface area contributed by atoms with E-state index >= 15 is 0 Å². The van der Waals surface area contributed by atoms with Crippen molar-refractivity contribution in [2.45, 2.75) is 0 Å². The van der Waals surface area contributed by atoms with Crippen LogP contribution in [0.4, 0.5) is 0 Å². The van der Waals surface area contributed by atoms with E-state index < -0.39 is 0 Å². The molecule has 0 N–H and O–H groups in total. The number of aromatic nitrogens is 3. The molecule has 66 valence electrons. The summed E-state index contributed by atoms with van der Waals surface area (Å²) in [5, 5.41) is 4.72. The first-order valence-electron chi connectivity index (χ1n) is 3.67. The summed E-state index contributed by atoms with van der Waals surface area (Å²) >= 11 is 5.82. The van der Waals surface area contributed by atoms with E-state index in [4.69, 9.17) is 11.6 Å². The molecule has 2 aromatic rings. The summed E-state index contributed by atoms with van der Waals surface area (Å²) in [6.45, 7) is 0. The van der Waals surface area contributed by atoms with Crippen LogP contribution in [0.1, 0.15) is 0 Å². The largest absolute Gasteiger partial charge is 0.293 e. The van der Waals surface area contributed by atoms with Gasteiger partial charge in [0, 0.05) is 18.6 Å². The first-order valence-corrected chi connectivity index (χ1v) is 4.05. The van der Waals surface area contributed by atoms with E-state index in [1.807, 2.05) is 0 Å². The van der Waals surface area contributed by atoms with E-state index in [9.17, 15) is 4.79 Å². The molecular formula is C8H6ClN3O. The zero-order valence-electron chi connectivity index (χ0n) is 6.86. The number of rotatable bonds is 0. The number of halogens is 1. The van der Waals surface area contributed by atoms with Crippen molar-refractivity contribution in [2.75, 3.05) is 0 Å². The fraction of sp³-hybridized carbons (Fsp3) is 0.125. The highest BCUT2D eigenvalue weighted by Gasteiger charge is 2.06. The summed E-state index contributed by atoms with van der Waals surface area (Å²) in [5.41, 5.74) is 0.116. The first-order chi connectivity index (χ1) is 6.20. The van der Waals surface area contributed by atoms with Gasteiger partial charge in [-0.3, -0.25) is 9.78 Å². The maximum Gasteiger partial charge on any atom is 0.293 e. The van der Waals surface area contributed by atoms with Crippen molar-refractivity contribution in [1.29, 1.82) is 0 Å². The lowest BCUT2D eigenvalue weighted by Crippen LogP contribution is -2.20. The Bertz CT molecular complexity index is 520. The zero-order valence-corrected chi connectivity index (χ0v) is 7.62. The van der Waals surface area contributed by atoms with Crippen molar-refractivity contribution in [2.24, 2.45) is 7.05 Å². The molecule has 5 heteroatoms. The van der Waals surface area contributed by atoms with Gasteiger partial charge in [0.2, 0.25) is 0 Å².